The van der Waals surface area contributed by atoms with E-state index in [1.165, 1.54) is 12.8 Å². The molecule has 0 radical (unpaired) electrons. The second-order valence-corrected chi connectivity index (χ2v) is 6.93. The van der Waals surface area contributed by atoms with Crippen molar-refractivity contribution in [1.29, 1.82) is 0 Å². The van der Waals surface area contributed by atoms with Crippen molar-refractivity contribution in [1.82, 2.24) is 29.4 Å². The first-order chi connectivity index (χ1) is 11.7. The molecule has 0 spiro atoms. The van der Waals surface area contributed by atoms with Crippen molar-refractivity contribution in [2.75, 3.05) is 13.1 Å². The molecule has 0 N–H and O–H groups in total. The van der Waals surface area contributed by atoms with Gasteiger partial charge in [-0.05, 0) is 32.1 Å². The molecule has 1 amide bonds. The van der Waals surface area contributed by atoms with E-state index in [0.29, 0.717) is 6.04 Å². The molecule has 128 valence electrons. The van der Waals surface area contributed by atoms with E-state index in [-0.39, 0.29) is 11.8 Å². The van der Waals surface area contributed by atoms with Gasteiger partial charge in [-0.3, -0.25) is 9.48 Å². The molecule has 1 saturated heterocycles. The van der Waals surface area contributed by atoms with Crippen molar-refractivity contribution in [3.63, 3.8) is 0 Å². The van der Waals surface area contributed by atoms with Crippen molar-refractivity contribution in [3.8, 4) is 0 Å². The first kappa shape index (κ1) is 15.4. The number of carbonyl (C=O) groups excluding carboxylic acids is 1. The molecule has 2 aromatic heterocycles. The minimum atomic E-state index is 0.0992. The molecule has 1 unspecified atom stereocenters. The topological polar surface area (TPSA) is 68.8 Å². The van der Waals surface area contributed by atoms with Crippen LogP contribution in [0, 0.1) is 0 Å². The minimum Gasteiger partial charge on any atom is -0.338 e. The normalized spacial score (nSPS) is 21.2. The first-order valence-electron chi connectivity index (χ1n) is 8.88. The van der Waals surface area contributed by atoms with Gasteiger partial charge in [-0.15, -0.1) is 10.2 Å². The third kappa shape index (κ3) is 2.72. The average molecular weight is 328 g/mol. The molecule has 7 heteroatoms. The van der Waals surface area contributed by atoms with E-state index in [4.69, 9.17) is 0 Å². The van der Waals surface area contributed by atoms with Gasteiger partial charge >= 0.3 is 0 Å². The molecule has 1 saturated carbocycles. The monoisotopic (exact) mass is 328 g/mol. The Kier molecular flexibility index (Phi) is 3.86. The fraction of sp³-hybridized carbons (Fsp3) is 0.647. The van der Waals surface area contributed by atoms with E-state index in [9.17, 15) is 4.79 Å². The summed E-state index contributed by atoms with van der Waals surface area (Å²) in [6.45, 7) is 3.57. The number of aryl methyl sites for hydroxylation is 2. The summed E-state index contributed by atoms with van der Waals surface area (Å²) in [5.41, 5.74) is 1.62. The fourth-order valence-corrected chi connectivity index (χ4v) is 3.69. The number of carbonyl (C=O) groups is 1. The van der Waals surface area contributed by atoms with Crippen LogP contribution in [-0.2, 0) is 13.5 Å². The predicted molar refractivity (Wildman–Crippen MR) is 88.8 cm³/mol. The highest BCUT2D eigenvalue weighted by Crippen LogP contribution is 2.38. The second kappa shape index (κ2) is 6.03. The van der Waals surface area contributed by atoms with Crippen molar-refractivity contribution >= 4 is 5.91 Å². The Balaban J connectivity index is 1.54. The summed E-state index contributed by atoms with van der Waals surface area (Å²) >= 11 is 0. The maximum absolute atomic E-state index is 13.0. The third-order valence-electron chi connectivity index (χ3n) is 5.09. The third-order valence-corrected chi connectivity index (χ3v) is 5.09. The maximum atomic E-state index is 13.0. The van der Waals surface area contributed by atoms with E-state index < -0.39 is 0 Å². The van der Waals surface area contributed by atoms with Gasteiger partial charge in [0.15, 0.2) is 0 Å². The number of nitrogens with zero attached hydrogens (tertiary/aromatic N) is 6. The summed E-state index contributed by atoms with van der Waals surface area (Å²) in [5.74, 6) is 1.44. The quantitative estimate of drug-likeness (QED) is 0.860. The van der Waals surface area contributed by atoms with E-state index in [1.807, 2.05) is 31.4 Å². The number of rotatable bonds is 4. The van der Waals surface area contributed by atoms with Crippen LogP contribution in [0.15, 0.2) is 12.5 Å². The Bertz CT molecular complexity index is 744. The van der Waals surface area contributed by atoms with Gasteiger partial charge in [-0.1, -0.05) is 6.92 Å². The largest absolute Gasteiger partial charge is 0.338 e. The lowest BCUT2D eigenvalue weighted by atomic mass is 9.96. The zero-order chi connectivity index (χ0) is 16.7. The van der Waals surface area contributed by atoms with Gasteiger partial charge in [0, 0.05) is 38.3 Å². The molecule has 1 aliphatic carbocycles. The predicted octanol–water partition coefficient (Wildman–Crippen LogP) is 1.93. The molecular weight excluding hydrogens is 304 g/mol. The number of hydrogen-bond acceptors (Lipinski definition) is 4. The molecule has 2 fully saturated rings. The number of aromatic nitrogens is 5. The van der Waals surface area contributed by atoms with Crippen LogP contribution in [0.25, 0.3) is 0 Å². The molecule has 2 aliphatic rings. The highest BCUT2D eigenvalue weighted by Gasteiger charge is 2.33. The lowest BCUT2D eigenvalue weighted by molar-refractivity contribution is 0.0702. The van der Waals surface area contributed by atoms with Crippen molar-refractivity contribution in [3.05, 3.63) is 29.6 Å². The van der Waals surface area contributed by atoms with Crippen LogP contribution < -0.4 is 0 Å². The van der Waals surface area contributed by atoms with Crippen molar-refractivity contribution in [2.45, 2.75) is 51.0 Å². The number of piperidine rings is 1. The first-order valence-corrected chi connectivity index (χ1v) is 8.88. The fourth-order valence-electron chi connectivity index (χ4n) is 3.69. The Morgan fingerprint density at radius 2 is 2.17 bits per heavy atom. The average Bonchev–Trinajstić information content (AvgIpc) is 3.20. The highest BCUT2D eigenvalue weighted by molar-refractivity contribution is 5.95. The van der Waals surface area contributed by atoms with Gasteiger partial charge in [0.1, 0.15) is 12.2 Å². The molecule has 7 nitrogen and oxygen atoms in total. The van der Waals surface area contributed by atoms with Crippen LogP contribution in [0.1, 0.15) is 66.4 Å². The van der Waals surface area contributed by atoms with Gasteiger partial charge in [0.05, 0.1) is 11.3 Å². The lowest BCUT2D eigenvalue weighted by Gasteiger charge is -2.32. The van der Waals surface area contributed by atoms with Gasteiger partial charge in [-0.25, -0.2) is 0 Å². The zero-order valence-corrected chi connectivity index (χ0v) is 14.4. The molecule has 4 rings (SSSR count). The van der Waals surface area contributed by atoms with Crippen LogP contribution in [0.2, 0.25) is 0 Å². The molecule has 1 aliphatic heterocycles. The molecular formula is C17H24N6O. The Morgan fingerprint density at radius 1 is 1.33 bits per heavy atom. The van der Waals surface area contributed by atoms with Crippen LogP contribution in [0.4, 0.5) is 0 Å². The standard InChI is InChI=1S/C17H24N6O/c1-3-15-14(10-21(2)20-15)17(24)22-8-4-5-12(9-22)16-19-18-11-23(16)13-6-7-13/h10-13H,3-9H2,1-2H3. The molecule has 1 atom stereocenters. The Hall–Kier alpha value is -2.18. The van der Waals surface area contributed by atoms with Crippen LogP contribution in [-0.4, -0.2) is 48.4 Å². The smallest absolute Gasteiger partial charge is 0.257 e. The molecule has 3 heterocycles. The summed E-state index contributed by atoms with van der Waals surface area (Å²) in [6, 6.07) is 0.575. The van der Waals surface area contributed by atoms with E-state index in [0.717, 1.165) is 49.4 Å². The maximum Gasteiger partial charge on any atom is 0.257 e. The van der Waals surface area contributed by atoms with E-state index in [1.54, 1.807) is 4.68 Å². The summed E-state index contributed by atoms with van der Waals surface area (Å²) < 4.78 is 3.96. The molecule has 0 bridgehead atoms. The van der Waals surface area contributed by atoms with Crippen LogP contribution in [0.5, 0.6) is 0 Å². The lowest BCUT2D eigenvalue weighted by Crippen LogP contribution is -2.40. The second-order valence-electron chi connectivity index (χ2n) is 6.93. The minimum absolute atomic E-state index is 0.0992. The van der Waals surface area contributed by atoms with E-state index in [2.05, 4.69) is 19.9 Å². The summed E-state index contributed by atoms with van der Waals surface area (Å²) in [4.78, 5) is 14.9. The Labute approximate surface area is 141 Å². The highest BCUT2D eigenvalue weighted by atomic mass is 16.2. The van der Waals surface area contributed by atoms with Crippen molar-refractivity contribution in [2.24, 2.45) is 7.05 Å². The number of amides is 1. The SMILES string of the molecule is CCc1nn(C)cc1C(=O)N1CCCC(c2nncn2C2CC2)C1. The number of hydrogen-bond donors (Lipinski definition) is 0. The van der Waals surface area contributed by atoms with Crippen molar-refractivity contribution < 1.29 is 4.79 Å². The molecule has 24 heavy (non-hydrogen) atoms. The summed E-state index contributed by atoms with van der Waals surface area (Å²) in [5, 5.41) is 12.9. The summed E-state index contributed by atoms with van der Waals surface area (Å²) in [6.07, 6.45) is 8.99. The molecule has 2 aromatic rings. The van der Waals surface area contributed by atoms with E-state index >= 15 is 0 Å². The number of likely N-dealkylation sites (tertiary alicyclic amines) is 1. The van der Waals surface area contributed by atoms with Crippen LogP contribution >= 0.6 is 0 Å². The van der Waals surface area contributed by atoms with Gasteiger partial charge in [-0.2, -0.15) is 5.10 Å². The zero-order valence-electron chi connectivity index (χ0n) is 14.4. The van der Waals surface area contributed by atoms with Gasteiger partial charge in [0.2, 0.25) is 0 Å². The Morgan fingerprint density at radius 3 is 2.92 bits per heavy atom. The van der Waals surface area contributed by atoms with Gasteiger partial charge in [0.25, 0.3) is 5.91 Å². The van der Waals surface area contributed by atoms with Crippen LogP contribution in [0.3, 0.4) is 0 Å². The molecule has 0 aromatic carbocycles. The summed E-state index contributed by atoms with van der Waals surface area (Å²) in [7, 11) is 1.87. The van der Waals surface area contributed by atoms with Gasteiger partial charge < -0.3 is 9.47 Å².